The number of hydrogen-bond donors (Lipinski definition) is 1. The second-order valence-corrected chi connectivity index (χ2v) is 3.22. The van der Waals surface area contributed by atoms with Crippen LogP contribution in [-0.4, -0.2) is 14.6 Å². The van der Waals surface area contributed by atoms with Crippen LogP contribution in [0.4, 0.5) is 5.69 Å². The third-order valence-electron chi connectivity index (χ3n) is 1.37. The van der Waals surface area contributed by atoms with E-state index in [9.17, 15) is 4.21 Å². The number of hydrogen-bond acceptors (Lipinski definition) is 4. The minimum Gasteiger partial charge on any atom is -0.305 e. The monoisotopic (exact) mass is 209 g/mol. The summed E-state index contributed by atoms with van der Waals surface area (Å²) < 4.78 is 18.6. The minimum absolute atomic E-state index is 0.278. The molecular formula is C8H7N3O2S. The largest absolute Gasteiger partial charge is 0.305 e. The first kappa shape index (κ1) is 10.5. The highest BCUT2D eigenvalue weighted by atomic mass is 32.2. The molecule has 6 heteroatoms. The van der Waals surface area contributed by atoms with Crippen LogP contribution in [0.3, 0.4) is 0 Å². The summed E-state index contributed by atoms with van der Waals surface area (Å²) in [6.07, 6.45) is 0. The Kier molecular flexibility index (Phi) is 3.91. The third kappa shape index (κ3) is 3.05. The lowest BCUT2D eigenvalue weighted by molar-refractivity contribution is 0.564. The van der Waals surface area contributed by atoms with Crippen molar-refractivity contribution in [1.82, 2.24) is 0 Å². The zero-order valence-corrected chi connectivity index (χ0v) is 7.94. The van der Waals surface area contributed by atoms with Gasteiger partial charge in [-0.2, -0.15) is 15.5 Å². The molecular weight excluding hydrogens is 202 g/mol. The van der Waals surface area contributed by atoms with E-state index in [2.05, 4.69) is 10.2 Å². The fourth-order valence-corrected chi connectivity index (χ4v) is 0.966. The fraction of sp³-hybridized carbons (Fsp3) is 0.125. The topological polar surface area (TPSA) is 85.8 Å². The Labute approximate surface area is 83.4 Å². The van der Waals surface area contributed by atoms with Gasteiger partial charge in [0.2, 0.25) is 0 Å². The molecule has 1 N–H and O–H groups in total. The van der Waals surface area contributed by atoms with Gasteiger partial charge < -0.3 is 4.55 Å². The van der Waals surface area contributed by atoms with Crippen LogP contribution in [0.2, 0.25) is 0 Å². The van der Waals surface area contributed by atoms with E-state index < -0.39 is 11.1 Å². The van der Waals surface area contributed by atoms with Gasteiger partial charge in [-0.3, -0.25) is 0 Å². The van der Waals surface area contributed by atoms with Crippen molar-refractivity contribution in [2.75, 3.05) is 5.88 Å². The summed E-state index contributed by atoms with van der Waals surface area (Å²) in [7, 11) is 0. The molecule has 0 radical (unpaired) electrons. The third-order valence-corrected chi connectivity index (χ3v) is 1.71. The van der Waals surface area contributed by atoms with Gasteiger partial charge in [-0.15, -0.1) is 0 Å². The Balaban J connectivity index is 2.81. The van der Waals surface area contributed by atoms with Gasteiger partial charge in [0.05, 0.1) is 5.56 Å². The molecule has 1 aromatic carbocycles. The Bertz CT molecular complexity index is 411. The highest BCUT2D eigenvalue weighted by Crippen LogP contribution is 2.17. The second kappa shape index (κ2) is 5.21. The van der Waals surface area contributed by atoms with Crippen LogP contribution < -0.4 is 0 Å². The summed E-state index contributed by atoms with van der Waals surface area (Å²) in [6.45, 7) is 0. The van der Waals surface area contributed by atoms with Crippen molar-refractivity contribution in [3.63, 3.8) is 0 Å². The smallest absolute Gasteiger partial charge is 0.177 e. The molecule has 72 valence electrons. The summed E-state index contributed by atoms with van der Waals surface area (Å²) >= 11 is -1.99. The van der Waals surface area contributed by atoms with Crippen molar-refractivity contribution in [3.05, 3.63) is 29.8 Å². The van der Waals surface area contributed by atoms with Crippen molar-refractivity contribution in [3.8, 4) is 6.07 Å². The molecule has 1 unspecified atom stereocenters. The summed E-state index contributed by atoms with van der Waals surface area (Å²) in [5.74, 6) is -0.278. The van der Waals surface area contributed by atoms with Crippen LogP contribution in [0.25, 0.3) is 0 Å². The summed E-state index contributed by atoms with van der Waals surface area (Å²) in [6, 6.07) is 8.58. The Morgan fingerprint density at radius 1 is 1.50 bits per heavy atom. The summed E-state index contributed by atoms with van der Waals surface area (Å²) in [5, 5.41) is 15.8. The van der Waals surface area contributed by atoms with Crippen molar-refractivity contribution < 1.29 is 8.76 Å². The average molecular weight is 209 g/mol. The molecule has 1 rings (SSSR count). The molecule has 0 fully saturated rings. The van der Waals surface area contributed by atoms with Crippen LogP contribution in [0.1, 0.15) is 5.56 Å². The van der Waals surface area contributed by atoms with E-state index in [-0.39, 0.29) is 5.88 Å². The maximum Gasteiger partial charge on any atom is 0.177 e. The van der Waals surface area contributed by atoms with Crippen molar-refractivity contribution in [2.45, 2.75) is 0 Å². The van der Waals surface area contributed by atoms with Gasteiger partial charge in [-0.25, -0.2) is 4.21 Å². The lowest BCUT2D eigenvalue weighted by Crippen LogP contribution is -1.88. The SMILES string of the molecule is N#Cc1ccccc1N=NCS(=O)O. The standard InChI is InChI=1S/C8H7N3O2S/c9-5-7-3-1-2-4-8(7)11-10-6-14(12)13/h1-4H,6H2,(H,12,13). The molecule has 0 saturated carbocycles. The van der Waals surface area contributed by atoms with E-state index in [0.717, 1.165) is 0 Å². The molecule has 0 saturated heterocycles. The average Bonchev–Trinajstić information content (AvgIpc) is 2.18. The number of nitrogens with zero attached hydrogens (tertiary/aromatic N) is 3. The number of rotatable bonds is 3. The zero-order chi connectivity index (χ0) is 10.4. The molecule has 0 spiro atoms. The van der Waals surface area contributed by atoms with E-state index in [0.29, 0.717) is 11.3 Å². The highest BCUT2D eigenvalue weighted by molar-refractivity contribution is 7.79. The van der Waals surface area contributed by atoms with Crippen LogP contribution in [0.5, 0.6) is 0 Å². The first-order valence-electron chi connectivity index (χ1n) is 3.68. The van der Waals surface area contributed by atoms with Gasteiger partial charge in [-0.1, -0.05) is 12.1 Å². The van der Waals surface area contributed by atoms with Gasteiger partial charge >= 0.3 is 0 Å². The van der Waals surface area contributed by atoms with E-state index in [4.69, 9.17) is 9.81 Å². The van der Waals surface area contributed by atoms with Gasteiger partial charge in [-0.05, 0) is 12.1 Å². The lowest BCUT2D eigenvalue weighted by atomic mass is 10.2. The predicted octanol–water partition coefficient (Wildman–Crippen LogP) is 1.82. The molecule has 1 atom stereocenters. The predicted molar refractivity (Wildman–Crippen MR) is 51.3 cm³/mol. The Hall–Kier alpha value is -1.58. The molecule has 0 amide bonds. The van der Waals surface area contributed by atoms with E-state index in [1.54, 1.807) is 24.3 Å². The van der Waals surface area contributed by atoms with Gasteiger partial charge in [0.15, 0.2) is 17.0 Å². The number of azo groups is 1. The maximum absolute atomic E-state index is 10.2. The van der Waals surface area contributed by atoms with Crippen molar-refractivity contribution in [2.24, 2.45) is 10.2 Å². The minimum atomic E-state index is -1.99. The maximum atomic E-state index is 10.2. The molecule has 0 aliphatic carbocycles. The molecule has 0 bridgehead atoms. The van der Waals surface area contributed by atoms with E-state index >= 15 is 0 Å². The Morgan fingerprint density at radius 3 is 2.86 bits per heavy atom. The Morgan fingerprint density at radius 2 is 2.21 bits per heavy atom. The normalized spacial score (nSPS) is 12.6. The van der Waals surface area contributed by atoms with Crippen LogP contribution in [-0.2, 0) is 11.1 Å². The molecule has 14 heavy (non-hydrogen) atoms. The van der Waals surface area contributed by atoms with Gasteiger partial charge in [0, 0.05) is 0 Å². The number of benzene rings is 1. The molecule has 0 aliphatic rings. The first-order valence-corrected chi connectivity index (χ1v) is 4.95. The molecule has 0 aromatic heterocycles. The molecule has 1 aromatic rings. The van der Waals surface area contributed by atoms with E-state index in [1.807, 2.05) is 6.07 Å². The second-order valence-electron chi connectivity index (χ2n) is 2.32. The van der Waals surface area contributed by atoms with Crippen molar-refractivity contribution >= 4 is 16.8 Å². The highest BCUT2D eigenvalue weighted by Gasteiger charge is 1.97. The van der Waals surface area contributed by atoms with E-state index in [1.165, 1.54) is 0 Å². The zero-order valence-electron chi connectivity index (χ0n) is 7.12. The summed E-state index contributed by atoms with van der Waals surface area (Å²) in [5.41, 5.74) is 0.792. The fourth-order valence-electron chi connectivity index (χ4n) is 0.810. The van der Waals surface area contributed by atoms with Gasteiger partial charge in [0.1, 0.15) is 11.8 Å². The molecule has 0 aliphatic heterocycles. The molecule has 5 nitrogen and oxygen atoms in total. The van der Waals surface area contributed by atoms with Gasteiger partial charge in [0.25, 0.3) is 0 Å². The lowest BCUT2D eigenvalue weighted by Gasteiger charge is -1.93. The van der Waals surface area contributed by atoms with Crippen LogP contribution in [0, 0.1) is 11.3 Å². The molecule has 0 heterocycles. The van der Waals surface area contributed by atoms with Crippen LogP contribution >= 0.6 is 0 Å². The van der Waals surface area contributed by atoms with Crippen molar-refractivity contribution in [1.29, 1.82) is 5.26 Å². The quantitative estimate of drug-likeness (QED) is 0.608. The first-order chi connectivity index (χ1) is 6.74. The summed E-state index contributed by atoms with van der Waals surface area (Å²) in [4.78, 5) is 0. The van der Waals surface area contributed by atoms with Crippen LogP contribution in [0.15, 0.2) is 34.5 Å². The number of nitriles is 1.